The molecule has 7 heteroatoms. The van der Waals surface area contributed by atoms with Crippen molar-refractivity contribution in [3.8, 4) is 0 Å². The summed E-state index contributed by atoms with van der Waals surface area (Å²) >= 11 is 0. The predicted molar refractivity (Wildman–Crippen MR) is 38.0 cm³/mol. The molecule has 0 amide bonds. The third kappa shape index (κ3) is 1.26. The molecule has 0 saturated carbocycles. The Hall–Kier alpha value is -1.66. The highest BCUT2D eigenvalue weighted by Crippen LogP contribution is 1.77. The van der Waals surface area contributed by atoms with E-state index < -0.39 is 0 Å². The summed E-state index contributed by atoms with van der Waals surface area (Å²) in [4.78, 5) is 7.59. The second-order valence-electron chi connectivity index (χ2n) is 2.01. The van der Waals surface area contributed by atoms with E-state index >= 15 is 0 Å². The molecule has 0 fully saturated rings. The van der Waals surface area contributed by atoms with Crippen LogP contribution in [0.2, 0.25) is 0 Å². The van der Waals surface area contributed by atoms with Gasteiger partial charge in [-0.2, -0.15) is 10.2 Å². The zero-order valence-electron chi connectivity index (χ0n) is 5.70. The normalized spacial score (nSPS) is 9.82. The minimum Gasteiger partial charge on any atom is -0.276 e. The van der Waals surface area contributed by atoms with E-state index in [0.717, 1.165) is 0 Å². The van der Waals surface area contributed by atoms with Crippen LogP contribution in [0.15, 0.2) is 25.3 Å². The van der Waals surface area contributed by atoms with E-state index in [0.29, 0.717) is 7.55 Å². The number of rotatable bonds is 2. The molecule has 0 saturated heterocycles. The molecule has 0 N–H and O–H groups in total. The first kappa shape index (κ1) is 6.08. The molecule has 2 aromatic rings. The lowest BCUT2D eigenvalue weighted by atomic mass is 10.2. The zero-order chi connectivity index (χ0) is 7.52. The Balaban J connectivity index is 2.14. The van der Waals surface area contributed by atoms with Crippen molar-refractivity contribution in [1.29, 1.82) is 0 Å². The third-order valence-corrected chi connectivity index (χ3v) is 1.22. The molecule has 0 atom stereocenters. The predicted octanol–water partition coefficient (Wildman–Crippen LogP) is -1.47. The minimum atomic E-state index is 0.556. The fourth-order valence-corrected chi connectivity index (χ4v) is 0.760. The van der Waals surface area contributed by atoms with Gasteiger partial charge < -0.3 is 0 Å². The summed E-state index contributed by atoms with van der Waals surface area (Å²) in [6.07, 6.45) is 6.22. The van der Waals surface area contributed by atoms with Crippen LogP contribution in [0, 0.1) is 0 Å². The maximum atomic E-state index is 3.91. The largest absolute Gasteiger partial charge is 0.405 e. The zero-order valence-corrected chi connectivity index (χ0v) is 5.70. The summed E-state index contributed by atoms with van der Waals surface area (Å²) in [6, 6.07) is 0. The summed E-state index contributed by atoms with van der Waals surface area (Å²) < 4.78 is 3.32. The first-order chi connectivity index (χ1) is 5.45. The minimum absolute atomic E-state index is 0.556. The van der Waals surface area contributed by atoms with E-state index in [4.69, 9.17) is 0 Å². The van der Waals surface area contributed by atoms with Gasteiger partial charge in [0, 0.05) is 0 Å². The standard InChI is InChI=1S/C4H5BN6/c1-6-3-10(8-1)5-11-4-7-2-9-11/h1-5H. The van der Waals surface area contributed by atoms with Crippen LogP contribution in [0.3, 0.4) is 0 Å². The SMILES string of the molecule is B(n1cncn1)n1cncn1. The molecule has 11 heavy (non-hydrogen) atoms. The van der Waals surface area contributed by atoms with E-state index in [9.17, 15) is 0 Å². The van der Waals surface area contributed by atoms with Crippen LogP contribution >= 0.6 is 0 Å². The summed E-state index contributed by atoms with van der Waals surface area (Å²) in [5.41, 5.74) is 0. The highest BCUT2D eigenvalue weighted by atomic mass is 15.4. The molecule has 0 aliphatic rings. The maximum Gasteiger partial charge on any atom is 0.405 e. The number of hydrogen-bond acceptors (Lipinski definition) is 4. The second kappa shape index (κ2) is 2.53. The van der Waals surface area contributed by atoms with Gasteiger partial charge in [-0.05, 0) is 0 Å². The Kier molecular flexibility index (Phi) is 1.40. The Labute approximate surface area is 63.2 Å². The Morgan fingerprint density at radius 1 is 0.909 bits per heavy atom. The molecule has 2 rings (SSSR count). The molecule has 6 nitrogen and oxygen atoms in total. The maximum absolute atomic E-state index is 3.91. The van der Waals surface area contributed by atoms with Gasteiger partial charge >= 0.3 is 7.55 Å². The van der Waals surface area contributed by atoms with Gasteiger partial charge in [-0.25, -0.2) is 9.97 Å². The van der Waals surface area contributed by atoms with E-state index in [-0.39, 0.29) is 0 Å². The molecule has 54 valence electrons. The van der Waals surface area contributed by atoms with Crippen LogP contribution in [0.1, 0.15) is 0 Å². The summed E-state index contributed by atoms with van der Waals surface area (Å²) in [7, 11) is 0.556. The van der Waals surface area contributed by atoms with Crippen LogP contribution in [0.25, 0.3) is 0 Å². The van der Waals surface area contributed by atoms with Crippen molar-refractivity contribution in [3.05, 3.63) is 25.3 Å². The monoisotopic (exact) mass is 148 g/mol. The molecule has 0 bridgehead atoms. The molecule has 0 aliphatic carbocycles. The fraction of sp³-hybridized carbons (Fsp3) is 0. The smallest absolute Gasteiger partial charge is 0.276 e. The van der Waals surface area contributed by atoms with Crippen molar-refractivity contribution in [2.75, 3.05) is 0 Å². The van der Waals surface area contributed by atoms with Crippen LogP contribution in [0.4, 0.5) is 0 Å². The lowest BCUT2D eigenvalue weighted by molar-refractivity contribution is 0.882. The first-order valence-electron chi connectivity index (χ1n) is 3.10. The topological polar surface area (TPSA) is 61.4 Å². The van der Waals surface area contributed by atoms with E-state index in [2.05, 4.69) is 20.2 Å². The summed E-state index contributed by atoms with van der Waals surface area (Å²) in [5.74, 6) is 0. The van der Waals surface area contributed by atoms with Crippen molar-refractivity contribution in [2.45, 2.75) is 0 Å². The number of hydrogen-bond donors (Lipinski definition) is 0. The van der Waals surface area contributed by atoms with Gasteiger partial charge in [-0.1, -0.05) is 0 Å². The van der Waals surface area contributed by atoms with E-state index in [1.165, 1.54) is 12.7 Å². The molecule has 0 unspecified atom stereocenters. The van der Waals surface area contributed by atoms with Gasteiger partial charge in [0.25, 0.3) is 0 Å². The molecule has 0 aliphatic heterocycles. The van der Waals surface area contributed by atoms with Crippen molar-refractivity contribution >= 4 is 7.55 Å². The van der Waals surface area contributed by atoms with Gasteiger partial charge in [0.1, 0.15) is 25.3 Å². The Morgan fingerprint density at radius 3 is 1.82 bits per heavy atom. The lowest BCUT2D eigenvalue weighted by Gasteiger charge is -1.94. The first-order valence-corrected chi connectivity index (χ1v) is 3.10. The Morgan fingerprint density at radius 2 is 1.45 bits per heavy atom. The molecular weight excluding hydrogens is 143 g/mol. The molecule has 0 aromatic carbocycles. The third-order valence-electron chi connectivity index (χ3n) is 1.22. The molecular formula is C4H5BN6. The average Bonchev–Trinajstić information content (AvgIpc) is 2.60. The van der Waals surface area contributed by atoms with E-state index in [1.807, 2.05) is 0 Å². The van der Waals surface area contributed by atoms with E-state index in [1.54, 1.807) is 21.8 Å². The van der Waals surface area contributed by atoms with Crippen molar-refractivity contribution < 1.29 is 0 Å². The lowest BCUT2D eigenvalue weighted by Crippen LogP contribution is -2.17. The quantitative estimate of drug-likeness (QED) is 0.488. The number of aromatic nitrogens is 6. The molecule has 0 radical (unpaired) electrons. The van der Waals surface area contributed by atoms with Crippen LogP contribution in [0.5, 0.6) is 0 Å². The highest BCUT2D eigenvalue weighted by molar-refractivity contribution is 6.30. The number of nitrogens with zero attached hydrogens (tertiary/aromatic N) is 6. The van der Waals surface area contributed by atoms with Gasteiger partial charge in [0.15, 0.2) is 0 Å². The van der Waals surface area contributed by atoms with Crippen LogP contribution < -0.4 is 0 Å². The molecule has 0 spiro atoms. The van der Waals surface area contributed by atoms with Gasteiger partial charge in [0.2, 0.25) is 0 Å². The fourth-order valence-electron chi connectivity index (χ4n) is 0.760. The molecule has 2 heterocycles. The molecule has 2 aromatic heterocycles. The highest BCUT2D eigenvalue weighted by Gasteiger charge is 1.96. The second-order valence-corrected chi connectivity index (χ2v) is 2.01. The summed E-state index contributed by atoms with van der Waals surface area (Å²) in [6.45, 7) is 0. The van der Waals surface area contributed by atoms with Gasteiger partial charge in [0.05, 0.1) is 0 Å². The summed E-state index contributed by atoms with van der Waals surface area (Å²) in [5, 5.41) is 7.82. The van der Waals surface area contributed by atoms with Crippen LogP contribution in [-0.4, -0.2) is 36.9 Å². The van der Waals surface area contributed by atoms with Crippen molar-refractivity contribution in [3.63, 3.8) is 0 Å². The van der Waals surface area contributed by atoms with Crippen LogP contribution in [-0.2, 0) is 0 Å². The van der Waals surface area contributed by atoms with Gasteiger partial charge in [-0.3, -0.25) is 9.19 Å². The Bertz CT molecular complexity index is 267. The average molecular weight is 148 g/mol. The van der Waals surface area contributed by atoms with Gasteiger partial charge in [-0.15, -0.1) is 0 Å². The van der Waals surface area contributed by atoms with Crippen molar-refractivity contribution in [2.24, 2.45) is 0 Å². The van der Waals surface area contributed by atoms with Crippen molar-refractivity contribution in [1.82, 2.24) is 29.4 Å².